The molecule has 4 nitrogen and oxygen atoms in total. The number of aromatic nitrogens is 1. The number of carbonyl (C=O) groups is 1. The lowest BCUT2D eigenvalue weighted by Gasteiger charge is -2.16. The number of amides is 1. The zero-order valence-electron chi connectivity index (χ0n) is 14.1. The summed E-state index contributed by atoms with van der Waals surface area (Å²) in [6.45, 7) is 0. The monoisotopic (exact) mass is 397 g/mol. The van der Waals surface area contributed by atoms with Gasteiger partial charge in [-0.3, -0.25) is 9.79 Å². The van der Waals surface area contributed by atoms with Crippen LogP contribution in [0.25, 0.3) is 0 Å². The zero-order chi connectivity index (χ0) is 17.8. The molecule has 0 bridgehead atoms. The van der Waals surface area contributed by atoms with Crippen LogP contribution in [0.2, 0.25) is 10.0 Å². The predicted molar refractivity (Wildman–Crippen MR) is 105 cm³/mol. The topological polar surface area (TPSA) is 46.4 Å². The molecule has 1 aromatic carbocycles. The molecular formula is C18H21Cl2N3OS. The fourth-order valence-electron chi connectivity index (χ4n) is 3.04. The molecular weight excluding hydrogens is 377 g/mol. The van der Waals surface area contributed by atoms with Crippen molar-refractivity contribution in [2.45, 2.75) is 44.6 Å². The van der Waals surface area contributed by atoms with Gasteiger partial charge in [0.2, 0.25) is 5.91 Å². The van der Waals surface area contributed by atoms with Gasteiger partial charge in [0.1, 0.15) is 0 Å². The molecule has 0 spiro atoms. The van der Waals surface area contributed by atoms with Gasteiger partial charge in [-0.2, -0.15) is 0 Å². The lowest BCUT2D eigenvalue weighted by Crippen LogP contribution is -2.22. The van der Waals surface area contributed by atoms with Gasteiger partial charge in [0.15, 0.2) is 4.80 Å². The van der Waals surface area contributed by atoms with Gasteiger partial charge >= 0.3 is 0 Å². The van der Waals surface area contributed by atoms with E-state index in [9.17, 15) is 4.79 Å². The van der Waals surface area contributed by atoms with Crippen molar-refractivity contribution in [2.75, 3.05) is 5.32 Å². The average Bonchev–Trinajstić information content (AvgIpc) is 2.88. The first-order valence-electron chi connectivity index (χ1n) is 8.44. The Morgan fingerprint density at radius 1 is 1.24 bits per heavy atom. The van der Waals surface area contributed by atoms with Crippen LogP contribution in [0.15, 0.2) is 28.6 Å². The number of carbonyl (C=O) groups excluding carboxylic acids is 1. The minimum absolute atomic E-state index is 0.101. The Kier molecular flexibility index (Phi) is 6.20. The Hall–Kier alpha value is -1.30. The highest BCUT2D eigenvalue weighted by molar-refractivity contribution is 7.07. The molecule has 25 heavy (non-hydrogen) atoms. The highest BCUT2D eigenvalue weighted by atomic mass is 35.5. The number of nitrogens with zero attached hydrogens (tertiary/aromatic N) is 2. The second-order valence-corrected chi connectivity index (χ2v) is 8.08. The molecule has 1 N–H and O–H groups in total. The predicted octanol–water partition coefficient (Wildman–Crippen LogP) is 4.81. The Labute approximate surface area is 161 Å². The average molecular weight is 398 g/mol. The first-order valence-corrected chi connectivity index (χ1v) is 10.1. The summed E-state index contributed by atoms with van der Waals surface area (Å²) >= 11 is 13.5. The molecule has 1 fully saturated rings. The number of thiazole rings is 1. The number of hydrogen-bond donors (Lipinski definition) is 1. The van der Waals surface area contributed by atoms with E-state index in [-0.39, 0.29) is 12.3 Å². The van der Waals surface area contributed by atoms with E-state index in [1.807, 2.05) is 17.0 Å². The van der Waals surface area contributed by atoms with Gasteiger partial charge in [0, 0.05) is 33.9 Å². The molecule has 1 aliphatic carbocycles. The molecule has 3 rings (SSSR count). The molecule has 2 aromatic rings. The smallest absolute Gasteiger partial charge is 0.230 e. The van der Waals surface area contributed by atoms with E-state index in [1.54, 1.807) is 29.5 Å². The summed E-state index contributed by atoms with van der Waals surface area (Å²) < 4.78 is 2.02. The van der Waals surface area contributed by atoms with Gasteiger partial charge in [-0.25, -0.2) is 0 Å². The maximum atomic E-state index is 12.3. The van der Waals surface area contributed by atoms with E-state index in [0.717, 1.165) is 10.5 Å². The molecule has 134 valence electrons. The summed E-state index contributed by atoms with van der Waals surface area (Å²) in [5.41, 5.74) is 1.55. The number of halogens is 2. The molecule has 1 saturated carbocycles. The van der Waals surface area contributed by atoms with Crippen molar-refractivity contribution in [1.82, 2.24) is 4.57 Å². The molecule has 0 aliphatic heterocycles. The number of hydrogen-bond acceptors (Lipinski definition) is 3. The third-order valence-corrected chi connectivity index (χ3v) is 5.79. The number of nitrogens with one attached hydrogen (secondary N) is 1. The molecule has 0 radical (unpaired) electrons. The Bertz CT molecular complexity index is 802. The van der Waals surface area contributed by atoms with Crippen molar-refractivity contribution in [1.29, 1.82) is 0 Å². The SMILES string of the molecule is Cn1c(CC(=O)Nc2cc(Cl)cc(Cl)c2)csc1=NC1CCCCC1. The van der Waals surface area contributed by atoms with Crippen molar-refractivity contribution < 1.29 is 4.79 Å². The number of benzene rings is 1. The molecule has 0 atom stereocenters. The lowest BCUT2D eigenvalue weighted by molar-refractivity contribution is -0.115. The van der Waals surface area contributed by atoms with Crippen LogP contribution in [-0.2, 0) is 18.3 Å². The van der Waals surface area contributed by atoms with Crippen molar-refractivity contribution in [3.05, 3.63) is 44.1 Å². The van der Waals surface area contributed by atoms with Crippen molar-refractivity contribution in [3.8, 4) is 0 Å². The highest BCUT2D eigenvalue weighted by Gasteiger charge is 2.13. The fourth-order valence-corrected chi connectivity index (χ4v) is 4.54. The van der Waals surface area contributed by atoms with Gasteiger partial charge in [-0.05, 0) is 31.0 Å². The highest BCUT2D eigenvalue weighted by Crippen LogP contribution is 2.23. The van der Waals surface area contributed by atoms with Crippen molar-refractivity contribution >= 4 is 46.1 Å². The summed E-state index contributed by atoms with van der Waals surface area (Å²) in [6, 6.07) is 5.43. The summed E-state index contributed by atoms with van der Waals surface area (Å²) in [4.78, 5) is 18.2. The summed E-state index contributed by atoms with van der Waals surface area (Å²) in [6.07, 6.45) is 6.48. The minimum atomic E-state index is -0.101. The van der Waals surface area contributed by atoms with E-state index in [0.29, 0.717) is 21.8 Å². The van der Waals surface area contributed by atoms with Gasteiger partial charge in [-0.1, -0.05) is 42.5 Å². The van der Waals surface area contributed by atoms with Crippen LogP contribution in [0.3, 0.4) is 0 Å². The van der Waals surface area contributed by atoms with Crippen LogP contribution < -0.4 is 10.1 Å². The second-order valence-electron chi connectivity index (χ2n) is 6.37. The summed E-state index contributed by atoms with van der Waals surface area (Å²) in [7, 11) is 1.97. The van der Waals surface area contributed by atoms with Crippen molar-refractivity contribution in [2.24, 2.45) is 12.0 Å². The van der Waals surface area contributed by atoms with Gasteiger partial charge in [-0.15, -0.1) is 11.3 Å². The third-order valence-electron chi connectivity index (χ3n) is 4.37. The molecule has 1 heterocycles. The number of anilines is 1. The zero-order valence-corrected chi connectivity index (χ0v) is 16.4. The molecule has 0 unspecified atom stereocenters. The fraction of sp³-hybridized carbons (Fsp3) is 0.444. The van der Waals surface area contributed by atoms with E-state index in [2.05, 4.69) is 5.32 Å². The maximum absolute atomic E-state index is 12.3. The van der Waals surface area contributed by atoms with Crippen LogP contribution in [-0.4, -0.2) is 16.5 Å². The minimum Gasteiger partial charge on any atom is -0.326 e. The Morgan fingerprint density at radius 3 is 2.60 bits per heavy atom. The quantitative estimate of drug-likeness (QED) is 0.790. The largest absolute Gasteiger partial charge is 0.326 e. The Morgan fingerprint density at radius 2 is 1.92 bits per heavy atom. The van der Waals surface area contributed by atoms with Gasteiger partial charge in [0.05, 0.1) is 12.5 Å². The maximum Gasteiger partial charge on any atom is 0.230 e. The molecule has 1 aromatic heterocycles. The van der Waals surface area contributed by atoms with Gasteiger partial charge < -0.3 is 9.88 Å². The summed E-state index contributed by atoms with van der Waals surface area (Å²) in [5, 5.41) is 5.84. The molecule has 0 saturated heterocycles. The van der Waals surface area contributed by atoms with E-state index in [1.165, 1.54) is 32.1 Å². The first kappa shape index (κ1) is 18.5. The van der Waals surface area contributed by atoms with E-state index < -0.39 is 0 Å². The van der Waals surface area contributed by atoms with Crippen molar-refractivity contribution in [3.63, 3.8) is 0 Å². The number of rotatable bonds is 4. The van der Waals surface area contributed by atoms with E-state index >= 15 is 0 Å². The molecule has 1 aliphatic rings. The van der Waals surface area contributed by atoms with Crippen LogP contribution in [0.4, 0.5) is 5.69 Å². The standard InChI is InChI=1S/C18H21Cl2N3OS/c1-23-16(11-25-18(23)22-14-5-3-2-4-6-14)10-17(24)21-15-8-12(19)7-13(20)9-15/h7-9,11,14H,2-6,10H2,1H3,(H,21,24). The Balaban J connectivity index is 1.68. The van der Waals surface area contributed by atoms with E-state index in [4.69, 9.17) is 28.2 Å². The summed E-state index contributed by atoms with van der Waals surface area (Å²) in [5.74, 6) is -0.101. The van der Waals surface area contributed by atoms with Crippen LogP contribution in [0, 0.1) is 0 Å². The van der Waals surface area contributed by atoms with Crippen LogP contribution in [0.5, 0.6) is 0 Å². The molecule has 1 amide bonds. The van der Waals surface area contributed by atoms with Crippen LogP contribution in [0.1, 0.15) is 37.8 Å². The van der Waals surface area contributed by atoms with Gasteiger partial charge in [0.25, 0.3) is 0 Å². The van der Waals surface area contributed by atoms with Crippen LogP contribution >= 0.6 is 34.5 Å². The first-order chi connectivity index (χ1) is 12.0. The second kappa shape index (κ2) is 8.39. The normalized spacial score (nSPS) is 16.2. The third kappa shape index (κ3) is 5.09. The lowest BCUT2D eigenvalue weighted by atomic mass is 9.96. The molecule has 7 heteroatoms.